The molecule has 0 aromatic heterocycles. The van der Waals surface area contributed by atoms with Gasteiger partial charge in [-0.25, -0.2) is 4.39 Å². The predicted molar refractivity (Wildman–Crippen MR) is 77.7 cm³/mol. The summed E-state index contributed by atoms with van der Waals surface area (Å²) in [6.07, 6.45) is 3.39. The zero-order valence-electron chi connectivity index (χ0n) is 11.1. The highest BCUT2D eigenvalue weighted by Crippen LogP contribution is 2.19. The molecule has 100 valence electrons. The van der Waals surface area contributed by atoms with Gasteiger partial charge in [-0.3, -0.25) is 4.90 Å². The summed E-state index contributed by atoms with van der Waals surface area (Å²) in [5.41, 5.74) is 1.13. The lowest BCUT2D eigenvalue weighted by atomic mass is 10.0. The molecular weight excluding hydrogens is 245 g/mol. The summed E-state index contributed by atoms with van der Waals surface area (Å²) >= 11 is 2.04. The first-order valence-corrected chi connectivity index (χ1v) is 8.01. The summed E-state index contributed by atoms with van der Waals surface area (Å²) in [6.45, 7) is 4.60. The lowest BCUT2D eigenvalue weighted by Gasteiger charge is -2.34. The van der Waals surface area contributed by atoms with Crippen molar-refractivity contribution in [1.82, 2.24) is 4.90 Å². The van der Waals surface area contributed by atoms with E-state index in [0.29, 0.717) is 6.04 Å². The Morgan fingerprint density at radius 3 is 2.78 bits per heavy atom. The van der Waals surface area contributed by atoms with E-state index in [9.17, 15) is 4.39 Å². The summed E-state index contributed by atoms with van der Waals surface area (Å²) in [4.78, 5) is 2.59. The zero-order valence-corrected chi connectivity index (χ0v) is 11.9. The van der Waals surface area contributed by atoms with Crippen LogP contribution in [0, 0.1) is 5.82 Å². The van der Waals surface area contributed by atoms with Crippen LogP contribution in [0.5, 0.6) is 0 Å². The van der Waals surface area contributed by atoms with Gasteiger partial charge in [0.15, 0.2) is 0 Å². The van der Waals surface area contributed by atoms with Gasteiger partial charge in [0.1, 0.15) is 5.82 Å². The molecule has 1 aliphatic rings. The van der Waals surface area contributed by atoms with Gasteiger partial charge in [0, 0.05) is 30.6 Å². The quantitative estimate of drug-likeness (QED) is 0.802. The van der Waals surface area contributed by atoms with Gasteiger partial charge in [-0.05, 0) is 30.5 Å². The van der Waals surface area contributed by atoms with Crippen molar-refractivity contribution in [3.63, 3.8) is 0 Å². The minimum atomic E-state index is -0.114. The maximum Gasteiger partial charge on any atom is 0.123 e. The first-order valence-electron chi connectivity index (χ1n) is 6.86. The molecule has 1 atom stereocenters. The SMILES string of the molecule is CCCC(Cc1cccc(F)c1)N1CCSCC1. The van der Waals surface area contributed by atoms with E-state index in [2.05, 4.69) is 11.8 Å². The Hall–Kier alpha value is -0.540. The van der Waals surface area contributed by atoms with Crippen molar-refractivity contribution in [2.45, 2.75) is 32.2 Å². The van der Waals surface area contributed by atoms with Crippen molar-refractivity contribution >= 4 is 11.8 Å². The van der Waals surface area contributed by atoms with Gasteiger partial charge in [0.05, 0.1) is 0 Å². The van der Waals surface area contributed by atoms with Crippen LogP contribution in [0.3, 0.4) is 0 Å². The molecule has 1 heterocycles. The van der Waals surface area contributed by atoms with Crippen LogP contribution in [0.2, 0.25) is 0 Å². The van der Waals surface area contributed by atoms with Crippen LogP contribution in [0.1, 0.15) is 25.3 Å². The van der Waals surface area contributed by atoms with Gasteiger partial charge in [0.25, 0.3) is 0 Å². The van der Waals surface area contributed by atoms with Gasteiger partial charge < -0.3 is 0 Å². The third-order valence-electron chi connectivity index (χ3n) is 3.54. The molecule has 1 fully saturated rings. The highest BCUT2D eigenvalue weighted by molar-refractivity contribution is 7.99. The van der Waals surface area contributed by atoms with E-state index in [1.165, 1.54) is 43.5 Å². The van der Waals surface area contributed by atoms with Crippen molar-refractivity contribution in [3.05, 3.63) is 35.6 Å². The second kappa shape index (κ2) is 7.15. The van der Waals surface area contributed by atoms with Crippen LogP contribution in [0.15, 0.2) is 24.3 Å². The number of benzene rings is 1. The second-order valence-corrected chi connectivity index (χ2v) is 6.15. The Balaban J connectivity index is 2.00. The molecule has 0 aliphatic carbocycles. The first-order chi connectivity index (χ1) is 8.79. The first kappa shape index (κ1) is 13.9. The van der Waals surface area contributed by atoms with Crippen LogP contribution in [0.4, 0.5) is 4.39 Å². The molecule has 0 bridgehead atoms. The van der Waals surface area contributed by atoms with Crippen LogP contribution < -0.4 is 0 Å². The third kappa shape index (κ3) is 3.99. The molecule has 0 radical (unpaired) electrons. The molecular formula is C15H22FNS. The number of halogens is 1. The summed E-state index contributed by atoms with van der Waals surface area (Å²) in [7, 11) is 0. The summed E-state index contributed by atoms with van der Waals surface area (Å²) < 4.78 is 13.2. The molecule has 1 saturated heterocycles. The maximum atomic E-state index is 13.2. The monoisotopic (exact) mass is 267 g/mol. The predicted octanol–water partition coefficient (Wildman–Crippen LogP) is 3.59. The van der Waals surface area contributed by atoms with Crippen LogP contribution in [-0.4, -0.2) is 35.5 Å². The molecule has 2 rings (SSSR count). The lowest BCUT2D eigenvalue weighted by Crippen LogP contribution is -2.42. The topological polar surface area (TPSA) is 3.24 Å². The highest BCUT2D eigenvalue weighted by atomic mass is 32.2. The fourth-order valence-electron chi connectivity index (χ4n) is 2.63. The van der Waals surface area contributed by atoms with Gasteiger partial charge in [0.2, 0.25) is 0 Å². The summed E-state index contributed by atoms with van der Waals surface area (Å²) in [5, 5.41) is 0. The van der Waals surface area contributed by atoms with Crippen molar-refractivity contribution in [2.75, 3.05) is 24.6 Å². The third-order valence-corrected chi connectivity index (χ3v) is 4.49. The Labute approximate surface area is 114 Å². The zero-order chi connectivity index (χ0) is 12.8. The van der Waals surface area contributed by atoms with Crippen molar-refractivity contribution in [2.24, 2.45) is 0 Å². The molecule has 3 heteroatoms. The molecule has 0 amide bonds. The van der Waals surface area contributed by atoms with E-state index in [4.69, 9.17) is 0 Å². The van der Waals surface area contributed by atoms with E-state index in [1.807, 2.05) is 23.9 Å². The van der Waals surface area contributed by atoms with E-state index in [0.717, 1.165) is 12.0 Å². The smallest absolute Gasteiger partial charge is 0.123 e. The maximum absolute atomic E-state index is 13.2. The molecule has 0 spiro atoms. The van der Waals surface area contributed by atoms with E-state index in [1.54, 1.807) is 6.07 Å². The average molecular weight is 267 g/mol. The molecule has 18 heavy (non-hydrogen) atoms. The molecule has 1 aromatic rings. The van der Waals surface area contributed by atoms with Crippen molar-refractivity contribution < 1.29 is 4.39 Å². The van der Waals surface area contributed by atoms with Crippen LogP contribution in [-0.2, 0) is 6.42 Å². The number of nitrogens with zero attached hydrogens (tertiary/aromatic N) is 1. The van der Waals surface area contributed by atoms with E-state index < -0.39 is 0 Å². The lowest BCUT2D eigenvalue weighted by molar-refractivity contribution is 0.202. The Morgan fingerprint density at radius 1 is 1.33 bits per heavy atom. The summed E-state index contributed by atoms with van der Waals surface area (Å²) in [6, 6.07) is 7.65. The van der Waals surface area contributed by atoms with Gasteiger partial charge >= 0.3 is 0 Å². The average Bonchev–Trinajstić information content (AvgIpc) is 2.39. The molecule has 1 aromatic carbocycles. The number of rotatable bonds is 5. The van der Waals surface area contributed by atoms with Crippen LogP contribution in [0.25, 0.3) is 0 Å². The number of hydrogen-bond donors (Lipinski definition) is 0. The Morgan fingerprint density at radius 2 is 2.11 bits per heavy atom. The Kier molecular flexibility index (Phi) is 5.51. The van der Waals surface area contributed by atoms with Gasteiger partial charge in [-0.1, -0.05) is 25.5 Å². The fraction of sp³-hybridized carbons (Fsp3) is 0.600. The molecule has 1 unspecified atom stereocenters. The largest absolute Gasteiger partial charge is 0.298 e. The standard InChI is InChI=1S/C15H22FNS/c1-2-4-15(17-7-9-18-10-8-17)12-13-5-3-6-14(16)11-13/h3,5-6,11,15H,2,4,7-10,12H2,1H3. The fourth-order valence-corrected chi connectivity index (χ4v) is 3.56. The minimum Gasteiger partial charge on any atom is -0.298 e. The van der Waals surface area contributed by atoms with Crippen molar-refractivity contribution in [3.8, 4) is 0 Å². The normalized spacial score (nSPS) is 18.8. The molecule has 0 N–H and O–H groups in total. The highest BCUT2D eigenvalue weighted by Gasteiger charge is 2.20. The van der Waals surface area contributed by atoms with Crippen molar-refractivity contribution in [1.29, 1.82) is 0 Å². The Bertz CT molecular complexity index is 363. The molecule has 1 aliphatic heterocycles. The number of hydrogen-bond acceptors (Lipinski definition) is 2. The second-order valence-electron chi connectivity index (χ2n) is 4.92. The summed E-state index contributed by atoms with van der Waals surface area (Å²) in [5.74, 6) is 2.36. The van der Waals surface area contributed by atoms with Gasteiger partial charge in [-0.2, -0.15) is 11.8 Å². The molecule has 0 saturated carbocycles. The van der Waals surface area contributed by atoms with E-state index in [-0.39, 0.29) is 5.82 Å². The van der Waals surface area contributed by atoms with E-state index >= 15 is 0 Å². The van der Waals surface area contributed by atoms with Gasteiger partial charge in [-0.15, -0.1) is 0 Å². The van der Waals surface area contributed by atoms with Crippen LogP contribution >= 0.6 is 11.8 Å². The number of thioether (sulfide) groups is 1. The minimum absolute atomic E-state index is 0.114. The molecule has 1 nitrogen and oxygen atoms in total.